The van der Waals surface area contributed by atoms with Gasteiger partial charge >= 0.3 is 0 Å². The van der Waals surface area contributed by atoms with Gasteiger partial charge in [-0.2, -0.15) is 0 Å². The molecule has 0 aromatic carbocycles. The molecule has 0 fully saturated rings. The summed E-state index contributed by atoms with van der Waals surface area (Å²) in [6, 6.07) is 0. The Hall–Kier alpha value is -1.31. The number of carbonyl (C=O) groups excluding carboxylic acids is 1. The van der Waals surface area contributed by atoms with E-state index in [9.17, 15) is 4.79 Å². The molecule has 0 saturated carbocycles. The highest BCUT2D eigenvalue weighted by molar-refractivity contribution is 5.94. The predicted octanol–water partition coefficient (Wildman–Crippen LogP) is 1.16. The van der Waals surface area contributed by atoms with Crippen LogP contribution in [0.15, 0.2) is 36.5 Å². The molecular weight excluding hydrogens is 126 g/mol. The van der Waals surface area contributed by atoms with E-state index in [2.05, 4.69) is 6.58 Å². The van der Waals surface area contributed by atoms with Crippen molar-refractivity contribution in [3.8, 4) is 0 Å². The van der Waals surface area contributed by atoms with E-state index in [1.165, 1.54) is 0 Å². The van der Waals surface area contributed by atoms with Crippen LogP contribution in [0.2, 0.25) is 0 Å². The van der Waals surface area contributed by atoms with Crippen LogP contribution in [-0.4, -0.2) is 5.91 Å². The van der Waals surface area contributed by atoms with Crippen molar-refractivity contribution in [1.82, 2.24) is 0 Å². The standard InChI is InChI=1S/C8H11NO/c1-3-5-6-7(4-2)8(9)10/h3-6H,1H2,2H3,(H2,9,10). The Labute approximate surface area is 60.7 Å². The van der Waals surface area contributed by atoms with E-state index >= 15 is 0 Å². The van der Waals surface area contributed by atoms with Crippen LogP contribution in [0.5, 0.6) is 0 Å². The molecule has 54 valence electrons. The Morgan fingerprint density at radius 1 is 1.60 bits per heavy atom. The van der Waals surface area contributed by atoms with Crippen molar-refractivity contribution >= 4 is 5.91 Å². The third kappa shape index (κ3) is 2.87. The first kappa shape index (κ1) is 8.69. The zero-order valence-electron chi connectivity index (χ0n) is 6.00. The second-order valence-corrected chi connectivity index (χ2v) is 1.70. The average molecular weight is 137 g/mol. The molecule has 0 heterocycles. The number of hydrogen-bond donors (Lipinski definition) is 1. The van der Waals surface area contributed by atoms with Crippen LogP contribution in [0, 0.1) is 0 Å². The molecule has 2 heteroatoms. The Morgan fingerprint density at radius 2 is 2.20 bits per heavy atom. The molecule has 0 unspecified atom stereocenters. The quantitative estimate of drug-likeness (QED) is 0.460. The van der Waals surface area contributed by atoms with E-state index in [1.54, 1.807) is 31.2 Å². The van der Waals surface area contributed by atoms with E-state index < -0.39 is 5.91 Å². The lowest BCUT2D eigenvalue weighted by Gasteiger charge is -1.90. The third-order valence-corrected chi connectivity index (χ3v) is 1.01. The molecule has 0 rings (SSSR count). The molecule has 0 spiro atoms. The summed E-state index contributed by atoms with van der Waals surface area (Å²) >= 11 is 0. The van der Waals surface area contributed by atoms with Crippen molar-refractivity contribution in [1.29, 1.82) is 0 Å². The van der Waals surface area contributed by atoms with Gasteiger partial charge < -0.3 is 5.73 Å². The van der Waals surface area contributed by atoms with E-state index in [0.717, 1.165) is 0 Å². The van der Waals surface area contributed by atoms with Crippen LogP contribution in [0.1, 0.15) is 6.92 Å². The van der Waals surface area contributed by atoms with Crippen molar-refractivity contribution in [3.05, 3.63) is 36.5 Å². The molecule has 0 aliphatic carbocycles. The highest BCUT2D eigenvalue weighted by Crippen LogP contribution is 1.94. The minimum absolute atomic E-state index is 0.416. The largest absolute Gasteiger partial charge is 0.366 e. The van der Waals surface area contributed by atoms with E-state index in [1.807, 2.05) is 0 Å². The van der Waals surface area contributed by atoms with Gasteiger partial charge in [-0.25, -0.2) is 0 Å². The Kier molecular flexibility index (Phi) is 3.96. The van der Waals surface area contributed by atoms with Crippen molar-refractivity contribution < 1.29 is 4.79 Å². The SMILES string of the molecule is C=CC=CC(=CC)C(N)=O. The normalized spacial score (nSPS) is 11.9. The average Bonchev–Trinajstić information content (AvgIpc) is 1.89. The third-order valence-electron chi connectivity index (χ3n) is 1.01. The molecule has 0 bridgehead atoms. The summed E-state index contributed by atoms with van der Waals surface area (Å²) in [6.45, 7) is 5.22. The maximum atomic E-state index is 10.5. The second-order valence-electron chi connectivity index (χ2n) is 1.70. The molecule has 0 aliphatic rings. The van der Waals surface area contributed by atoms with Crippen molar-refractivity contribution in [2.24, 2.45) is 5.73 Å². The number of rotatable bonds is 3. The summed E-state index contributed by atoms with van der Waals surface area (Å²) in [5.74, 6) is -0.416. The fourth-order valence-electron chi connectivity index (χ4n) is 0.492. The zero-order valence-corrected chi connectivity index (χ0v) is 6.00. The van der Waals surface area contributed by atoms with Crippen LogP contribution in [0.3, 0.4) is 0 Å². The number of hydrogen-bond acceptors (Lipinski definition) is 1. The van der Waals surface area contributed by atoms with Gasteiger partial charge in [0.05, 0.1) is 0 Å². The maximum absolute atomic E-state index is 10.5. The number of nitrogens with two attached hydrogens (primary N) is 1. The lowest BCUT2D eigenvalue weighted by molar-refractivity contribution is -0.114. The molecule has 2 nitrogen and oxygen atoms in total. The highest BCUT2D eigenvalue weighted by Gasteiger charge is 1.95. The highest BCUT2D eigenvalue weighted by atomic mass is 16.1. The predicted molar refractivity (Wildman–Crippen MR) is 42.3 cm³/mol. The van der Waals surface area contributed by atoms with Gasteiger partial charge in [0.15, 0.2) is 0 Å². The maximum Gasteiger partial charge on any atom is 0.248 e. The van der Waals surface area contributed by atoms with Gasteiger partial charge in [-0.1, -0.05) is 24.8 Å². The molecular formula is C8H11NO. The molecule has 0 atom stereocenters. The fraction of sp³-hybridized carbons (Fsp3) is 0.125. The summed E-state index contributed by atoms with van der Waals surface area (Å²) in [5, 5.41) is 0. The minimum atomic E-state index is -0.416. The summed E-state index contributed by atoms with van der Waals surface area (Å²) in [6.07, 6.45) is 6.53. The summed E-state index contributed by atoms with van der Waals surface area (Å²) in [5.41, 5.74) is 5.50. The van der Waals surface area contributed by atoms with Crippen LogP contribution in [-0.2, 0) is 4.79 Å². The first-order chi connectivity index (χ1) is 4.72. The van der Waals surface area contributed by atoms with E-state index in [4.69, 9.17) is 5.73 Å². The minimum Gasteiger partial charge on any atom is -0.366 e. The smallest absolute Gasteiger partial charge is 0.248 e. The molecule has 2 N–H and O–H groups in total. The summed E-state index contributed by atoms with van der Waals surface area (Å²) in [4.78, 5) is 10.5. The number of amides is 1. The van der Waals surface area contributed by atoms with Gasteiger partial charge in [0.2, 0.25) is 5.91 Å². The first-order valence-corrected chi connectivity index (χ1v) is 2.97. The van der Waals surface area contributed by atoms with Gasteiger partial charge in [-0.05, 0) is 13.0 Å². The van der Waals surface area contributed by atoms with E-state index in [-0.39, 0.29) is 0 Å². The lowest BCUT2D eigenvalue weighted by Crippen LogP contribution is -2.11. The Bertz CT molecular complexity index is 189. The summed E-state index contributed by atoms with van der Waals surface area (Å²) < 4.78 is 0. The molecule has 0 saturated heterocycles. The molecule has 0 aromatic heterocycles. The lowest BCUT2D eigenvalue weighted by atomic mass is 10.2. The second kappa shape index (κ2) is 4.56. The molecule has 1 amide bonds. The van der Waals surface area contributed by atoms with Gasteiger partial charge in [-0.3, -0.25) is 4.79 Å². The van der Waals surface area contributed by atoms with Gasteiger partial charge in [0.25, 0.3) is 0 Å². The number of allylic oxidation sites excluding steroid dienone is 3. The molecule has 0 aliphatic heterocycles. The molecule has 0 radical (unpaired) electrons. The van der Waals surface area contributed by atoms with E-state index in [0.29, 0.717) is 5.57 Å². The van der Waals surface area contributed by atoms with Gasteiger partial charge in [0.1, 0.15) is 0 Å². The first-order valence-electron chi connectivity index (χ1n) is 2.97. The number of primary amides is 1. The van der Waals surface area contributed by atoms with Crippen LogP contribution >= 0.6 is 0 Å². The van der Waals surface area contributed by atoms with Crippen LogP contribution in [0.4, 0.5) is 0 Å². The summed E-state index contributed by atoms with van der Waals surface area (Å²) in [7, 11) is 0. The zero-order chi connectivity index (χ0) is 7.98. The fourth-order valence-corrected chi connectivity index (χ4v) is 0.492. The number of carbonyl (C=O) groups is 1. The van der Waals surface area contributed by atoms with Crippen molar-refractivity contribution in [3.63, 3.8) is 0 Å². The van der Waals surface area contributed by atoms with Crippen molar-refractivity contribution in [2.45, 2.75) is 6.92 Å². The Morgan fingerprint density at radius 3 is 2.50 bits per heavy atom. The van der Waals surface area contributed by atoms with Gasteiger partial charge in [-0.15, -0.1) is 0 Å². The van der Waals surface area contributed by atoms with Crippen LogP contribution < -0.4 is 5.73 Å². The molecule has 10 heavy (non-hydrogen) atoms. The van der Waals surface area contributed by atoms with Crippen molar-refractivity contribution in [2.75, 3.05) is 0 Å². The Balaban J connectivity index is 4.25. The molecule has 0 aromatic rings. The topological polar surface area (TPSA) is 43.1 Å². The van der Waals surface area contributed by atoms with Gasteiger partial charge in [0, 0.05) is 5.57 Å². The van der Waals surface area contributed by atoms with Crippen LogP contribution in [0.25, 0.3) is 0 Å². The monoisotopic (exact) mass is 137 g/mol.